The molecule has 0 fully saturated rings. The molecule has 0 atom stereocenters. The van der Waals surface area contributed by atoms with Gasteiger partial charge in [-0.15, -0.1) is 16.8 Å². The van der Waals surface area contributed by atoms with Crippen molar-refractivity contribution in [1.29, 1.82) is 0 Å². The molecular weight excluding hydrogens is 459 g/mol. The molecule has 170 valence electrons. The Balaban J connectivity index is 1.80. The van der Waals surface area contributed by atoms with Crippen molar-refractivity contribution < 1.29 is 27.9 Å². The van der Waals surface area contributed by atoms with Crippen LogP contribution in [0.25, 0.3) is 5.65 Å². The van der Waals surface area contributed by atoms with Crippen LogP contribution in [0.2, 0.25) is 0 Å². The molecule has 2 amide bonds. The van der Waals surface area contributed by atoms with Crippen molar-refractivity contribution in [2.45, 2.75) is 11.9 Å². The molecule has 12 heteroatoms. The summed E-state index contributed by atoms with van der Waals surface area (Å²) in [6, 6.07) is 10.0. The number of carboxylic acid groups (broad SMARTS) is 1. The summed E-state index contributed by atoms with van der Waals surface area (Å²) >= 11 is 1.17. The van der Waals surface area contributed by atoms with Gasteiger partial charge >= 0.3 is 12.3 Å². The molecule has 0 saturated carbocycles. The fourth-order valence-corrected chi connectivity index (χ4v) is 3.49. The standard InChI is InChI=1S/C21H16F3N5O3S/c22-21(23,24)14-5-3-4-13(10-14)7-8-16-15(26-17-6-1-2-9-29(16)17)11-33-12-18(30)27-19(25)28-20(31)32/h1-6,9-10H,11-12H2,(H,31,32)(H3,25,27,28,30). The van der Waals surface area contributed by atoms with Crippen molar-refractivity contribution in [1.82, 2.24) is 14.7 Å². The molecule has 0 bridgehead atoms. The van der Waals surface area contributed by atoms with E-state index in [9.17, 15) is 22.8 Å². The molecule has 3 aromatic rings. The zero-order chi connectivity index (χ0) is 24.0. The van der Waals surface area contributed by atoms with Gasteiger partial charge in [-0.25, -0.2) is 9.78 Å². The van der Waals surface area contributed by atoms with E-state index in [0.29, 0.717) is 17.0 Å². The molecule has 0 unspecified atom stereocenters. The lowest BCUT2D eigenvalue weighted by atomic mass is 10.1. The molecule has 0 aliphatic carbocycles. The van der Waals surface area contributed by atoms with Gasteiger partial charge in [-0.1, -0.05) is 18.1 Å². The van der Waals surface area contributed by atoms with Crippen LogP contribution in [0.4, 0.5) is 18.0 Å². The highest BCUT2D eigenvalue weighted by Gasteiger charge is 2.30. The average molecular weight is 475 g/mol. The van der Waals surface area contributed by atoms with Gasteiger partial charge in [-0.3, -0.25) is 14.5 Å². The van der Waals surface area contributed by atoms with Crippen LogP contribution in [-0.2, 0) is 16.7 Å². The Bertz CT molecular complexity index is 1290. The van der Waals surface area contributed by atoms with Gasteiger partial charge in [-0.05, 0) is 36.3 Å². The number of aliphatic imine (C=N–C) groups is 1. The number of pyridine rings is 1. The van der Waals surface area contributed by atoms with E-state index in [-0.39, 0.29) is 17.1 Å². The predicted octanol–water partition coefficient (Wildman–Crippen LogP) is 3.10. The number of fused-ring (bicyclic) bond motifs is 1. The van der Waals surface area contributed by atoms with Gasteiger partial charge in [0.1, 0.15) is 11.3 Å². The summed E-state index contributed by atoms with van der Waals surface area (Å²) in [5.74, 6) is 4.75. The Morgan fingerprint density at radius 2 is 2.00 bits per heavy atom. The number of nitrogens with one attached hydrogen (secondary N) is 1. The Hall–Kier alpha value is -3.98. The summed E-state index contributed by atoms with van der Waals surface area (Å²) in [6.45, 7) is 0. The Kier molecular flexibility index (Phi) is 7.24. The largest absolute Gasteiger partial charge is 0.463 e. The van der Waals surface area contributed by atoms with Crippen LogP contribution in [0.3, 0.4) is 0 Å². The minimum absolute atomic E-state index is 0.0653. The third-order valence-electron chi connectivity index (χ3n) is 4.07. The summed E-state index contributed by atoms with van der Waals surface area (Å²) in [4.78, 5) is 29.8. The number of alkyl halides is 3. The van der Waals surface area contributed by atoms with Gasteiger partial charge in [0, 0.05) is 17.5 Å². The average Bonchev–Trinajstić information content (AvgIpc) is 3.08. The number of hydrogen-bond acceptors (Lipinski definition) is 4. The first-order valence-electron chi connectivity index (χ1n) is 9.23. The molecule has 0 aliphatic rings. The van der Waals surface area contributed by atoms with Crippen LogP contribution < -0.4 is 11.1 Å². The summed E-state index contributed by atoms with van der Waals surface area (Å²) in [7, 11) is 0. The number of amides is 2. The maximum Gasteiger partial charge on any atom is 0.434 e. The molecule has 0 radical (unpaired) electrons. The van der Waals surface area contributed by atoms with E-state index < -0.39 is 29.7 Å². The second-order valence-corrected chi connectivity index (χ2v) is 7.47. The van der Waals surface area contributed by atoms with Gasteiger partial charge in [-0.2, -0.15) is 13.2 Å². The van der Waals surface area contributed by atoms with Gasteiger partial charge in [0.25, 0.3) is 0 Å². The van der Waals surface area contributed by atoms with E-state index in [2.05, 4.69) is 27.1 Å². The van der Waals surface area contributed by atoms with Crippen LogP contribution in [-0.4, -0.2) is 38.2 Å². The SMILES string of the molecule is NC(=NC(=O)O)NC(=O)CSCc1nc2ccccn2c1C#Cc1cccc(C(F)(F)F)c1. The Morgan fingerprint density at radius 3 is 2.73 bits per heavy atom. The van der Waals surface area contributed by atoms with E-state index in [1.54, 1.807) is 28.8 Å². The number of carbonyl (C=O) groups is 2. The van der Waals surface area contributed by atoms with Crippen LogP contribution in [0.15, 0.2) is 53.7 Å². The number of benzene rings is 1. The molecule has 8 nitrogen and oxygen atoms in total. The molecule has 1 aromatic carbocycles. The van der Waals surface area contributed by atoms with Crippen molar-refractivity contribution in [3.63, 3.8) is 0 Å². The number of halogens is 3. The van der Waals surface area contributed by atoms with Crippen LogP contribution >= 0.6 is 11.8 Å². The number of aromatic nitrogens is 2. The lowest BCUT2D eigenvalue weighted by molar-refractivity contribution is -0.137. The fraction of sp³-hybridized carbons (Fsp3) is 0.143. The highest BCUT2D eigenvalue weighted by Crippen LogP contribution is 2.29. The minimum atomic E-state index is -4.47. The van der Waals surface area contributed by atoms with Gasteiger partial charge < -0.3 is 10.8 Å². The minimum Gasteiger partial charge on any atom is -0.463 e. The summed E-state index contributed by atoms with van der Waals surface area (Å²) < 4.78 is 40.6. The smallest absolute Gasteiger partial charge is 0.434 e. The van der Waals surface area contributed by atoms with Gasteiger partial charge in [0.15, 0.2) is 0 Å². The highest BCUT2D eigenvalue weighted by molar-refractivity contribution is 7.99. The quantitative estimate of drug-likeness (QED) is 0.303. The number of carbonyl (C=O) groups excluding carboxylic acids is 1. The highest BCUT2D eigenvalue weighted by atomic mass is 32.2. The van der Waals surface area contributed by atoms with Crippen molar-refractivity contribution in [2.24, 2.45) is 10.7 Å². The molecule has 0 saturated heterocycles. The second-order valence-electron chi connectivity index (χ2n) is 6.49. The number of nitrogens with zero attached hydrogens (tertiary/aromatic N) is 3. The van der Waals surface area contributed by atoms with Crippen molar-refractivity contribution in [2.75, 3.05) is 5.75 Å². The van der Waals surface area contributed by atoms with Crippen molar-refractivity contribution in [3.05, 3.63) is 71.2 Å². The molecule has 3 rings (SSSR count). The van der Waals surface area contributed by atoms with Crippen LogP contribution in [0, 0.1) is 11.8 Å². The van der Waals surface area contributed by atoms with E-state index in [1.807, 2.05) is 0 Å². The molecule has 0 aliphatic heterocycles. The lowest BCUT2D eigenvalue weighted by Crippen LogP contribution is -2.38. The van der Waals surface area contributed by atoms with Gasteiger partial charge in [0.2, 0.25) is 11.9 Å². The zero-order valence-corrected chi connectivity index (χ0v) is 17.6. The summed E-state index contributed by atoms with van der Waals surface area (Å²) in [5.41, 5.74) is 6.29. The predicted molar refractivity (Wildman–Crippen MR) is 117 cm³/mol. The lowest BCUT2D eigenvalue weighted by Gasteiger charge is -2.05. The maximum absolute atomic E-state index is 13.0. The number of guanidine groups is 1. The van der Waals surface area contributed by atoms with Crippen molar-refractivity contribution >= 4 is 35.4 Å². The van der Waals surface area contributed by atoms with E-state index in [1.165, 1.54) is 23.9 Å². The third-order valence-corrected chi connectivity index (χ3v) is 5.02. The Morgan fingerprint density at radius 1 is 1.21 bits per heavy atom. The topological polar surface area (TPSA) is 122 Å². The first kappa shape index (κ1) is 23.7. The first-order chi connectivity index (χ1) is 15.6. The number of thioether (sulfide) groups is 1. The molecular formula is C21H16F3N5O3S. The zero-order valence-electron chi connectivity index (χ0n) is 16.8. The Labute approximate surface area is 189 Å². The summed E-state index contributed by atoms with van der Waals surface area (Å²) in [6.07, 6.45) is -4.28. The molecule has 4 N–H and O–H groups in total. The second kappa shape index (κ2) is 10.1. The monoisotopic (exact) mass is 475 g/mol. The van der Waals surface area contributed by atoms with Gasteiger partial charge in [0.05, 0.1) is 17.0 Å². The van der Waals surface area contributed by atoms with E-state index >= 15 is 0 Å². The number of rotatable bonds is 4. The number of imidazole rings is 1. The fourth-order valence-electron chi connectivity index (χ4n) is 2.73. The van der Waals surface area contributed by atoms with E-state index in [0.717, 1.165) is 12.1 Å². The molecule has 2 aromatic heterocycles. The van der Waals surface area contributed by atoms with Crippen molar-refractivity contribution in [3.8, 4) is 11.8 Å². The molecule has 2 heterocycles. The number of nitrogens with two attached hydrogens (primary N) is 1. The molecule has 33 heavy (non-hydrogen) atoms. The normalized spacial score (nSPS) is 11.7. The maximum atomic E-state index is 13.0. The van der Waals surface area contributed by atoms with E-state index in [4.69, 9.17) is 10.8 Å². The van der Waals surface area contributed by atoms with Crippen LogP contribution in [0.1, 0.15) is 22.5 Å². The van der Waals surface area contributed by atoms with Crippen LogP contribution in [0.5, 0.6) is 0 Å². The molecule has 0 spiro atoms. The first-order valence-corrected chi connectivity index (χ1v) is 10.4. The number of hydrogen-bond donors (Lipinski definition) is 3. The summed E-state index contributed by atoms with van der Waals surface area (Å²) in [5, 5.41) is 10.7. The third kappa shape index (κ3) is 6.50.